The molecule has 0 aliphatic carbocycles. The molecule has 0 aliphatic heterocycles. The predicted octanol–water partition coefficient (Wildman–Crippen LogP) is 2.09. The van der Waals surface area contributed by atoms with Crippen molar-refractivity contribution in [1.29, 1.82) is 0 Å². The number of pyridine rings is 1. The molecular weight excluding hydrogens is 264 g/mol. The molecular formula is C17H16N2O2. The van der Waals surface area contributed by atoms with Crippen LogP contribution in [0.1, 0.15) is 21.6 Å². The van der Waals surface area contributed by atoms with Crippen molar-refractivity contribution >= 4 is 17.3 Å². The van der Waals surface area contributed by atoms with Gasteiger partial charge in [0.1, 0.15) is 11.6 Å². The minimum atomic E-state index is -0.160. The number of hydrogen-bond donors (Lipinski definition) is 0. The van der Waals surface area contributed by atoms with Crippen LogP contribution < -0.4 is 0 Å². The number of nitrogens with zero attached hydrogens (tertiary/aromatic N) is 2. The highest BCUT2D eigenvalue weighted by Gasteiger charge is 2.12. The summed E-state index contributed by atoms with van der Waals surface area (Å²) in [6.07, 6.45) is 1.54. The molecule has 0 N–H and O–H groups in total. The molecule has 106 valence electrons. The topological polar surface area (TPSA) is 50.3 Å². The summed E-state index contributed by atoms with van der Waals surface area (Å²) in [6, 6.07) is 12.3. The zero-order valence-electron chi connectivity index (χ0n) is 12.0. The Kier molecular flexibility index (Phi) is 4.77. The zero-order chi connectivity index (χ0) is 15.2. The van der Waals surface area contributed by atoms with Gasteiger partial charge in [-0.1, -0.05) is 30.3 Å². The summed E-state index contributed by atoms with van der Waals surface area (Å²) in [5.41, 5.74) is 2.08. The molecule has 0 atom stereocenters. The average molecular weight is 280 g/mol. The molecule has 21 heavy (non-hydrogen) atoms. The Hall–Kier alpha value is -2.55. The summed E-state index contributed by atoms with van der Waals surface area (Å²) < 4.78 is 0. The minimum absolute atomic E-state index is 0.160. The number of aromatic nitrogens is 1. The summed E-state index contributed by atoms with van der Waals surface area (Å²) in [4.78, 5) is 29.4. The van der Waals surface area contributed by atoms with Crippen LogP contribution in [0.2, 0.25) is 0 Å². The van der Waals surface area contributed by atoms with Gasteiger partial charge in [0.15, 0.2) is 0 Å². The van der Waals surface area contributed by atoms with Crippen molar-refractivity contribution < 1.29 is 9.59 Å². The molecule has 2 rings (SSSR count). The van der Waals surface area contributed by atoms with Crippen LogP contribution in [0.3, 0.4) is 0 Å². The first-order valence-corrected chi connectivity index (χ1v) is 6.56. The highest BCUT2D eigenvalue weighted by atomic mass is 16.1. The third-order valence-electron chi connectivity index (χ3n) is 2.97. The lowest BCUT2D eigenvalue weighted by Gasteiger charge is -2.11. The smallest absolute Gasteiger partial charge is 0.211 e. The highest BCUT2D eigenvalue weighted by Crippen LogP contribution is 2.15. The largest absolute Gasteiger partial charge is 0.304 e. The van der Waals surface area contributed by atoms with Crippen molar-refractivity contribution in [2.75, 3.05) is 20.6 Å². The van der Waals surface area contributed by atoms with Gasteiger partial charge < -0.3 is 4.90 Å². The van der Waals surface area contributed by atoms with E-state index in [9.17, 15) is 9.59 Å². The molecule has 1 aromatic heterocycles. The van der Waals surface area contributed by atoms with Crippen LogP contribution in [0, 0.1) is 0 Å². The van der Waals surface area contributed by atoms with Crippen LogP contribution in [0.25, 0.3) is 5.57 Å². The van der Waals surface area contributed by atoms with Crippen LogP contribution >= 0.6 is 0 Å². The first-order valence-electron chi connectivity index (χ1n) is 6.56. The molecule has 0 spiro atoms. The van der Waals surface area contributed by atoms with E-state index in [4.69, 9.17) is 0 Å². The van der Waals surface area contributed by atoms with E-state index in [1.165, 1.54) is 0 Å². The van der Waals surface area contributed by atoms with E-state index in [2.05, 4.69) is 4.98 Å². The molecule has 0 unspecified atom stereocenters. The molecule has 1 heterocycles. The third kappa shape index (κ3) is 3.72. The molecule has 0 radical (unpaired) electrons. The normalized spacial score (nSPS) is 10.2. The van der Waals surface area contributed by atoms with Gasteiger partial charge in [-0.05, 0) is 31.8 Å². The van der Waals surface area contributed by atoms with E-state index < -0.39 is 0 Å². The van der Waals surface area contributed by atoms with Gasteiger partial charge in [0.05, 0.1) is 5.57 Å². The van der Waals surface area contributed by atoms with E-state index in [0.29, 0.717) is 28.9 Å². The molecule has 2 aromatic rings. The Morgan fingerprint density at radius 3 is 2.48 bits per heavy atom. The van der Waals surface area contributed by atoms with Crippen LogP contribution in [-0.4, -0.2) is 42.2 Å². The van der Waals surface area contributed by atoms with Crippen molar-refractivity contribution in [3.05, 3.63) is 65.5 Å². The predicted molar refractivity (Wildman–Crippen MR) is 81.8 cm³/mol. The molecule has 0 amide bonds. The van der Waals surface area contributed by atoms with Crippen molar-refractivity contribution in [2.45, 2.75) is 0 Å². The summed E-state index contributed by atoms with van der Waals surface area (Å²) >= 11 is 0. The molecule has 1 aromatic carbocycles. The summed E-state index contributed by atoms with van der Waals surface area (Å²) in [5.74, 6) is 1.78. The van der Waals surface area contributed by atoms with Crippen LogP contribution in [0.4, 0.5) is 0 Å². The Balaban J connectivity index is 2.34. The lowest BCUT2D eigenvalue weighted by Crippen LogP contribution is -2.15. The SMILES string of the molecule is CN(C)CC(=C=O)c1ccnc(C(=O)c2ccccc2)c1. The van der Waals surface area contributed by atoms with Crippen molar-refractivity contribution in [3.8, 4) is 0 Å². The van der Waals surface area contributed by atoms with E-state index in [1.54, 1.807) is 42.6 Å². The second kappa shape index (κ2) is 6.75. The lowest BCUT2D eigenvalue weighted by molar-refractivity contribution is 0.103. The third-order valence-corrected chi connectivity index (χ3v) is 2.97. The van der Waals surface area contributed by atoms with Crippen LogP contribution in [0.5, 0.6) is 0 Å². The highest BCUT2D eigenvalue weighted by molar-refractivity contribution is 6.08. The van der Waals surface area contributed by atoms with Crippen LogP contribution in [-0.2, 0) is 4.79 Å². The molecule has 0 saturated heterocycles. The molecule has 0 aliphatic rings. The maximum Gasteiger partial charge on any atom is 0.211 e. The van der Waals surface area contributed by atoms with Gasteiger partial charge in [-0.3, -0.25) is 9.78 Å². The van der Waals surface area contributed by atoms with Gasteiger partial charge in [-0.2, -0.15) is 0 Å². The van der Waals surface area contributed by atoms with E-state index in [-0.39, 0.29) is 5.78 Å². The maximum absolute atomic E-state index is 12.4. The second-order valence-corrected chi connectivity index (χ2v) is 4.94. The summed E-state index contributed by atoms with van der Waals surface area (Å²) in [5, 5.41) is 0. The summed E-state index contributed by atoms with van der Waals surface area (Å²) in [7, 11) is 3.74. The van der Waals surface area contributed by atoms with E-state index in [0.717, 1.165) is 0 Å². The van der Waals surface area contributed by atoms with Crippen molar-refractivity contribution in [3.63, 3.8) is 0 Å². The standard InChI is InChI=1S/C17H16N2O2/c1-19(2)11-15(12-20)14-8-9-18-16(10-14)17(21)13-6-4-3-5-7-13/h3-10H,11H2,1-2H3. The second-order valence-electron chi connectivity index (χ2n) is 4.94. The first kappa shape index (κ1) is 14.9. The number of hydrogen-bond acceptors (Lipinski definition) is 4. The number of likely N-dealkylation sites (N-methyl/N-ethyl adjacent to an activating group) is 1. The van der Waals surface area contributed by atoms with Gasteiger partial charge >= 0.3 is 0 Å². The molecule has 0 bridgehead atoms. The Bertz CT molecular complexity index is 687. The van der Waals surface area contributed by atoms with E-state index >= 15 is 0 Å². The fourth-order valence-corrected chi connectivity index (χ4v) is 1.98. The van der Waals surface area contributed by atoms with E-state index in [1.807, 2.05) is 31.0 Å². The average Bonchev–Trinajstić information content (AvgIpc) is 2.52. The Morgan fingerprint density at radius 1 is 1.14 bits per heavy atom. The molecule has 0 fully saturated rings. The lowest BCUT2D eigenvalue weighted by atomic mass is 10.0. The van der Waals surface area contributed by atoms with Crippen molar-refractivity contribution in [1.82, 2.24) is 9.88 Å². The zero-order valence-corrected chi connectivity index (χ0v) is 12.0. The Labute approximate surface area is 123 Å². The van der Waals surface area contributed by atoms with Gasteiger partial charge in [0.25, 0.3) is 0 Å². The number of carbonyl (C=O) groups is 1. The number of carbonyl (C=O) groups excluding carboxylic acids is 2. The Morgan fingerprint density at radius 2 is 1.86 bits per heavy atom. The van der Waals surface area contributed by atoms with Crippen LogP contribution in [0.15, 0.2) is 48.7 Å². The summed E-state index contributed by atoms with van der Waals surface area (Å²) in [6.45, 7) is 0.465. The molecule has 4 heteroatoms. The fourth-order valence-electron chi connectivity index (χ4n) is 1.98. The number of rotatable bonds is 5. The minimum Gasteiger partial charge on any atom is -0.304 e. The maximum atomic E-state index is 12.4. The van der Waals surface area contributed by atoms with Gasteiger partial charge in [0, 0.05) is 18.3 Å². The fraction of sp³-hybridized carbons (Fsp3) is 0.176. The molecule has 0 saturated carbocycles. The quantitative estimate of drug-likeness (QED) is 0.621. The van der Waals surface area contributed by atoms with Gasteiger partial charge in [0.2, 0.25) is 5.78 Å². The van der Waals surface area contributed by atoms with Gasteiger partial charge in [-0.25, -0.2) is 4.79 Å². The number of ketones is 1. The molecule has 4 nitrogen and oxygen atoms in total. The number of benzene rings is 1. The van der Waals surface area contributed by atoms with Gasteiger partial charge in [-0.15, -0.1) is 0 Å². The first-order chi connectivity index (χ1) is 10.1. The monoisotopic (exact) mass is 280 g/mol. The van der Waals surface area contributed by atoms with Crippen molar-refractivity contribution in [2.24, 2.45) is 0 Å².